The van der Waals surface area contributed by atoms with Crippen LogP contribution in [0.1, 0.15) is 42.7 Å². The van der Waals surface area contributed by atoms with Crippen molar-refractivity contribution in [3.8, 4) is 0 Å². The standard InChI is InChI=1S/C18H25N3O4/c1-12-14(13(2)25-19-12)9-21-11-18(8-16(21)22)5-6-20(10-18)17(23)15-4-3-7-24-15/h15H,3-11H2,1-2H3/t15-,18-/m1/s1. The molecule has 0 unspecified atom stereocenters. The molecule has 1 spiro atoms. The van der Waals surface area contributed by atoms with E-state index in [9.17, 15) is 9.59 Å². The van der Waals surface area contributed by atoms with E-state index in [2.05, 4.69) is 5.16 Å². The summed E-state index contributed by atoms with van der Waals surface area (Å²) in [7, 11) is 0. The molecule has 4 heterocycles. The zero-order valence-corrected chi connectivity index (χ0v) is 14.9. The number of likely N-dealkylation sites (tertiary alicyclic amines) is 2. The normalized spacial score (nSPS) is 29.4. The van der Waals surface area contributed by atoms with E-state index in [-0.39, 0.29) is 23.3 Å². The van der Waals surface area contributed by atoms with Gasteiger partial charge in [-0.05, 0) is 33.1 Å². The maximum absolute atomic E-state index is 12.6. The Morgan fingerprint density at radius 3 is 2.88 bits per heavy atom. The Kier molecular flexibility index (Phi) is 4.06. The third-order valence-electron chi connectivity index (χ3n) is 5.89. The van der Waals surface area contributed by atoms with Crippen molar-refractivity contribution in [1.82, 2.24) is 15.0 Å². The van der Waals surface area contributed by atoms with Crippen molar-refractivity contribution in [2.24, 2.45) is 5.41 Å². The average molecular weight is 347 g/mol. The van der Waals surface area contributed by atoms with Crippen LogP contribution in [0.25, 0.3) is 0 Å². The molecule has 2 atom stereocenters. The fourth-order valence-electron chi connectivity index (χ4n) is 4.42. The van der Waals surface area contributed by atoms with Crippen LogP contribution in [0, 0.1) is 19.3 Å². The van der Waals surface area contributed by atoms with E-state index in [1.54, 1.807) is 0 Å². The number of aryl methyl sites for hydroxylation is 2. The first-order valence-electron chi connectivity index (χ1n) is 9.07. The lowest BCUT2D eigenvalue weighted by Crippen LogP contribution is -2.39. The van der Waals surface area contributed by atoms with E-state index in [0.29, 0.717) is 32.7 Å². The Hall–Kier alpha value is -1.89. The molecule has 0 saturated carbocycles. The van der Waals surface area contributed by atoms with Crippen LogP contribution in [-0.2, 0) is 20.9 Å². The predicted molar refractivity (Wildman–Crippen MR) is 88.6 cm³/mol. The fraction of sp³-hybridized carbons (Fsp3) is 0.722. The van der Waals surface area contributed by atoms with Crippen LogP contribution >= 0.6 is 0 Å². The molecule has 0 aromatic carbocycles. The van der Waals surface area contributed by atoms with E-state index in [1.807, 2.05) is 23.6 Å². The van der Waals surface area contributed by atoms with Gasteiger partial charge in [0.1, 0.15) is 11.9 Å². The second-order valence-corrected chi connectivity index (χ2v) is 7.74. The third kappa shape index (κ3) is 2.94. The predicted octanol–water partition coefficient (Wildman–Crippen LogP) is 1.42. The first-order valence-corrected chi connectivity index (χ1v) is 9.07. The molecule has 3 fully saturated rings. The molecule has 0 N–H and O–H groups in total. The lowest BCUT2D eigenvalue weighted by molar-refractivity contribution is -0.140. The average Bonchev–Trinajstić information content (AvgIpc) is 3.34. The molecular weight excluding hydrogens is 322 g/mol. The highest BCUT2D eigenvalue weighted by molar-refractivity contribution is 5.83. The molecule has 1 aromatic heterocycles. The number of nitrogens with zero attached hydrogens (tertiary/aromatic N) is 3. The number of aromatic nitrogens is 1. The van der Waals surface area contributed by atoms with Crippen molar-refractivity contribution >= 4 is 11.8 Å². The Morgan fingerprint density at radius 1 is 1.36 bits per heavy atom. The van der Waals surface area contributed by atoms with Gasteiger partial charge in [-0.2, -0.15) is 0 Å². The van der Waals surface area contributed by atoms with Gasteiger partial charge in [0.15, 0.2) is 0 Å². The second kappa shape index (κ2) is 6.12. The second-order valence-electron chi connectivity index (χ2n) is 7.74. The van der Waals surface area contributed by atoms with Crippen molar-refractivity contribution in [3.63, 3.8) is 0 Å². The topological polar surface area (TPSA) is 75.9 Å². The highest BCUT2D eigenvalue weighted by atomic mass is 16.5. The third-order valence-corrected chi connectivity index (χ3v) is 5.89. The fourth-order valence-corrected chi connectivity index (χ4v) is 4.42. The molecule has 3 saturated heterocycles. The number of carbonyl (C=O) groups excluding carboxylic acids is 2. The summed E-state index contributed by atoms with van der Waals surface area (Å²) in [5, 5.41) is 3.97. The van der Waals surface area contributed by atoms with E-state index in [4.69, 9.17) is 9.26 Å². The largest absolute Gasteiger partial charge is 0.368 e. The molecule has 3 aliphatic heterocycles. The SMILES string of the molecule is Cc1noc(C)c1CN1C[C@]2(CCN(C(=O)[C@H]3CCCO3)C2)CC1=O. The molecule has 0 aliphatic carbocycles. The van der Waals surface area contributed by atoms with Gasteiger partial charge >= 0.3 is 0 Å². The van der Waals surface area contributed by atoms with E-state index >= 15 is 0 Å². The van der Waals surface area contributed by atoms with Crippen LogP contribution in [0.15, 0.2) is 4.52 Å². The van der Waals surface area contributed by atoms with Gasteiger partial charge in [0.05, 0.1) is 12.2 Å². The zero-order chi connectivity index (χ0) is 17.6. The highest BCUT2D eigenvalue weighted by Gasteiger charge is 2.49. The van der Waals surface area contributed by atoms with Gasteiger partial charge in [-0.25, -0.2) is 0 Å². The molecule has 4 rings (SSSR count). The molecule has 7 heteroatoms. The Bertz CT molecular complexity index is 675. The molecule has 2 amide bonds. The quantitative estimate of drug-likeness (QED) is 0.827. The van der Waals surface area contributed by atoms with Crippen LogP contribution in [0.3, 0.4) is 0 Å². The van der Waals surface area contributed by atoms with Crippen LogP contribution in [0.2, 0.25) is 0 Å². The zero-order valence-electron chi connectivity index (χ0n) is 14.9. The van der Waals surface area contributed by atoms with E-state index in [1.165, 1.54) is 0 Å². The smallest absolute Gasteiger partial charge is 0.251 e. The molecule has 3 aliphatic rings. The number of rotatable bonds is 3. The summed E-state index contributed by atoms with van der Waals surface area (Å²) in [5.41, 5.74) is 1.73. The van der Waals surface area contributed by atoms with E-state index < -0.39 is 0 Å². The Morgan fingerprint density at radius 2 is 2.20 bits per heavy atom. The number of ether oxygens (including phenoxy) is 1. The molecule has 136 valence electrons. The van der Waals surface area contributed by atoms with Crippen LogP contribution in [0.5, 0.6) is 0 Å². The summed E-state index contributed by atoms with van der Waals surface area (Å²) >= 11 is 0. The Balaban J connectivity index is 1.42. The number of amides is 2. The Labute approximate surface area is 147 Å². The van der Waals surface area contributed by atoms with Crippen molar-refractivity contribution in [2.45, 2.75) is 52.2 Å². The molecule has 7 nitrogen and oxygen atoms in total. The van der Waals surface area contributed by atoms with Gasteiger partial charge in [-0.15, -0.1) is 0 Å². The van der Waals surface area contributed by atoms with Gasteiger partial charge in [-0.3, -0.25) is 9.59 Å². The van der Waals surface area contributed by atoms with Crippen molar-refractivity contribution in [3.05, 3.63) is 17.0 Å². The van der Waals surface area contributed by atoms with Crippen LogP contribution < -0.4 is 0 Å². The molecule has 0 bridgehead atoms. The molecule has 25 heavy (non-hydrogen) atoms. The minimum Gasteiger partial charge on any atom is -0.368 e. The van der Waals surface area contributed by atoms with Crippen molar-refractivity contribution in [1.29, 1.82) is 0 Å². The van der Waals surface area contributed by atoms with Gasteiger partial charge in [-0.1, -0.05) is 5.16 Å². The number of hydrogen-bond acceptors (Lipinski definition) is 5. The van der Waals surface area contributed by atoms with Gasteiger partial charge in [0.25, 0.3) is 5.91 Å². The lowest BCUT2D eigenvalue weighted by atomic mass is 9.86. The summed E-state index contributed by atoms with van der Waals surface area (Å²) in [6, 6.07) is 0. The van der Waals surface area contributed by atoms with E-state index in [0.717, 1.165) is 42.8 Å². The first kappa shape index (κ1) is 16.6. The lowest BCUT2D eigenvalue weighted by Gasteiger charge is -2.25. The maximum Gasteiger partial charge on any atom is 0.251 e. The van der Waals surface area contributed by atoms with Gasteiger partial charge in [0, 0.05) is 43.6 Å². The number of hydrogen-bond donors (Lipinski definition) is 0. The summed E-state index contributed by atoms with van der Waals surface area (Å²) in [6.07, 6.45) is 2.91. The molecule has 1 aromatic rings. The summed E-state index contributed by atoms with van der Waals surface area (Å²) in [5.74, 6) is 1.03. The molecule has 0 radical (unpaired) electrons. The van der Waals surface area contributed by atoms with Crippen molar-refractivity contribution < 1.29 is 18.8 Å². The minimum absolute atomic E-state index is 0.103. The monoisotopic (exact) mass is 347 g/mol. The summed E-state index contributed by atoms with van der Waals surface area (Å²) < 4.78 is 10.7. The summed E-state index contributed by atoms with van der Waals surface area (Å²) in [6.45, 7) is 7.09. The van der Waals surface area contributed by atoms with Gasteiger partial charge in [0.2, 0.25) is 5.91 Å². The minimum atomic E-state index is -0.273. The highest BCUT2D eigenvalue weighted by Crippen LogP contribution is 2.41. The van der Waals surface area contributed by atoms with Crippen molar-refractivity contribution in [2.75, 3.05) is 26.2 Å². The maximum atomic E-state index is 12.6. The summed E-state index contributed by atoms with van der Waals surface area (Å²) in [4.78, 5) is 28.9. The van der Waals surface area contributed by atoms with Gasteiger partial charge < -0.3 is 19.1 Å². The molecular formula is C18H25N3O4. The van der Waals surface area contributed by atoms with Crippen LogP contribution in [0.4, 0.5) is 0 Å². The first-order chi connectivity index (χ1) is 12.0. The number of carbonyl (C=O) groups is 2. The van der Waals surface area contributed by atoms with Crippen LogP contribution in [-0.4, -0.2) is 59.1 Å².